The van der Waals surface area contributed by atoms with Crippen LogP contribution in [0.4, 0.5) is 11.4 Å². The van der Waals surface area contributed by atoms with Gasteiger partial charge in [-0.05, 0) is 91.4 Å². The van der Waals surface area contributed by atoms with E-state index in [0.717, 1.165) is 14.9 Å². The zero-order valence-corrected chi connectivity index (χ0v) is 25.5. The molecular formula is C33H28BrN3O5S. The molecule has 0 heterocycles. The van der Waals surface area contributed by atoms with Crippen LogP contribution in [0.5, 0.6) is 0 Å². The van der Waals surface area contributed by atoms with E-state index in [1.54, 1.807) is 85.8 Å². The molecule has 0 spiro atoms. The summed E-state index contributed by atoms with van der Waals surface area (Å²) in [5.41, 5.74) is 2.74. The summed E-state index contributed by atoms with van der Waals surface area (Å²) in [7, 11) is 0. The summed E-state index contributed by atoms with van der Waals surface area (Å²) < 4.78 is 5.80. The molecule has 0 aliphatic heterocycles. The number of thioether (sulfide) groups is 1. The van der Waals surface area contributed by atoms with Gasteiger partial charge < -0.3 is 20.7 Å². The Morgan fingerprint density at radius 1 is 0.791 bits per heavy atom. The zero-order chi connectivity index (χ0) is 30.6. The van der Waals surface area contributed by atoms with Crippen molar-refractivity contribution < 1.29 is 23.9 Å². The summed E-state index contributed by atoms with van der Waals surface area (Å²) >= 11 is 4.76. The van der Waals surface area contributed by atoms with Crippen LogP contribution < -0.4 is 16.0 Å². The molecule has 4 rings (SSSR count). The molecule has 10 heteroatoms. The number of benzene rings is 4. The molecule has 8 nitrogen and oxygen atoms in total. The first-order valence-corrected chi connectivity index (χ1v) is 15.0. The third-order valence-electron chi connectivity index (χ3n) is 5.85. The predicted molar refractivity (Wildman–Crippen MR) is 173 cm³/mol. The van der Waals surface area contributed by atoms with E-state index in [4.69, 9.17) is 4.74 Å². The Hall–Kier alpha value is -4.67. The van der Waals surface area contributed by atoms with Gasteiger partial charge in [0.1, 0.15) is 5.70 Å². The van der Waals surface area contributed by atoms with E-state index in [1.165, 1.54) is 11.8 Å². The second-order valence-corrected chi connectivity index (χ2v) is 11.0. The number of halogens is 1. The van der Waals surface area contributed by atoms with E-state index in [1.807, 2.05) is 30.3 Å². The van der Waals surface area contributed by atoms with Crippen LogP contribution in [0.3, 0.4) is 0 Å². The quantitative estimate of drug-likeness (QED) is 0.0932. The van der Waals surface area contributed by atoms with Crippen LogP contribution in [0.1, 0.15) is 33.2 Å². The first-order chi connectivity index (χ1) is 20.8. The number of hydrogen-bond acceptors (Lipinski definition) is 6. The largest absolute Gasteiger partial charge is 0.462 e. The minimum absolute atomic E-state index is 0.0809. The van der Waals surface area contributed by atoms with Gasteiger partial charge in [-0.25, -0.2) is 4.79 Å². The lowest BCUT2D eigenvalue weighted by molar-refractivity contribution is -0.114. The normalized spacial score (nSPS) is 10.9. The van der Waals surface area contributed by atoms with Gasteiger partial charge in [-0.1, -0.05) is 46.3 Å². The van der Waals surface area contributed by atoms with Crippen molar-refractivity contribution in [2.75, 3.05) is 23.0 Å². The average molecular weight is 659 g/mol. The molecule has 0 saturated heterocycles. The molecule has 0 aromatic heterocycles. The van der Waals surface area contributed by atoms with Crippen molar-refractivity contribution in [2.24, 2.45) is 0 Å². The zero-order valence-electron chi connectivity index (χ0n) is 23.1. The van der Waals surface area contributed by atoms with Gasteiger partial charge in [0.15, 0.2) is 0 Å². The number of amides is 3. The maximum atomic E-state index is 13.2. The molecule has 0 bridgehead atoms. The molecule has 43 heavy (non-hydrogen) atoms. The van der Waals surface area contributed by atoms with Gasteiger partial charge >= 0.3 is 5.97 Å². The van der Waals surface area contributed by atoms with Gasteiger partial charge in [-0.3, -0.25) is 14.4 Å². The summed E-state index contributed by atoms with van der Waals surface area (Å²) in [4.78, 5) is 51.1. The SMILES string of the molecule is CCOC(=O)c1ccc(NC(=O)CSc2ccc(NC(=O)/C(=C/c3cccc(Br)c3)NC(=O)c3ccccc3)cc2)cc1. The highest BCUT2D eigenvalue weighted by Crippen LogP contribution is 2.22. The third-order valence-corrected chi connectivity index (χ3v) is 7.36. The number of anilines is 2. The highest BCUT2D eigenvalue weighted by atomic mass is 79.9. The highest BCUT2D eigenvalue weighted by molar-refractivity contribution is 9.10. The monoisotopic (exact) mass is 657 g/mol. The Kier molecular flexibility index (Phi) is 11.3. The summed E-state index contributed by atoms with van der Waals surface area (Å²) in [5.74, 6) is -1.35. The van der Waals surface area contributed by atoms with Crippen molar-refractivity contribution in [1.29, 1.82) is 0 Å². The lowest BCUT2D eigenvalue weighted by Crippen LogP contribution is -2.30. The van der Waals surface area contributed by atoms with Crippen molar-refractivity contribution in [1.82, 2.24) is 5.32 Å². The smallest absolute Gasteiger partial charge is 0.338 e. The number of esters is 1. The van der Waals surface area contributed by atoms with E-state index in [0.29, 0.717) is 29.1 Å². The Labute approximate surface area is 262 Å². The molecule has 218 valence electrons. The van der Waals surface area contributed by atoms with Gasteiger partial charge in [0, 0.05) is 26.3 Å². The molecule has 0 aliphatic rings. The van der Waals surface area contributed by atoms with Crippen LogP contribution in [0.2, 0.25) is 0 Å². The summed E-state index contributed by atoms with van der Waals surface area (Å²) in [5, 5.41) is 8.34. The second-order valence-electron chi connectivity index (χ2n) is 9.05. The topological polar surface area (TPSA) is 114 Å². The molecule has 3 N–H and O–H groups in total. The van der Waals surface area contributed by atoms with Crippen molar-refractivity contribution in [3.8, 4) is 0 Å². The van der Waals surface area contributed by atoms with Gasteiger partial charge in [-0.15, -0.1) is 11.8 Å². The molecule has 0 atom stereocenters. The summed E-state index contributed by atoms with van der Waals surface area (Å²) in [6.45, 7) is 2.03. The van der Waals surface area contributed by atoms with Crippen molar-refractivity contribution >= 4 is 68.8 Å². The van der Waals surface area contributed by atoms with Crippen LogP contribution in [-0.4, -0.2) is 36.1 Å². The average Bonchev–Trinajstić information content (AvgIpc) is 3.01. The van der Waals surface area contributed by atoms with Crippen LogP contribution in [-0.2, 0) is 14.3 Å². The van der Waals surface area contributed by atoms with Crippen LogP contribution in [0, 0.1) is 0 Å². The van der Waals surface area contributed by atoms with E-state index in [9.17, 15) is 19.2 Å². The molecule has 0 fully saturated rings. The number of ether oxygens (including phenoxy) is 1. The molecule has 4 aromatic rings. The molecule has 4 aromatic carbocycles. The lowest BCUT2D eigenvalue weighted by Gasteiger charge is -2.12. The molecule has 0 unspecified atom stereocenters. The second kappa shape index (κ2) is 15.5. The van der Waals surface area contributed by atoms with Gasteiger partial charge in [-0.2, -0.15) is 0 Å². The summed E-state index contributed by atoms with van der Waals surface area (Å²) in [6.07, 6.45) is 1.61. The number of hydrogen-bond donors (Lipinski definition) is 3. The number of nitrogens with one attached hydrogen (secondary N) is 3. The third kappa shape index (κ3) is 9.69. The predicted octanol–water partition coefficient (Wildman–Crippen LogP) is 6.77. The van der Waals surface area contributed by atoms with E-state index < -0.39 is 17.8 Å². The minimum atomic E-state index is -0.488. The van der Waals surface area contributed by atoms with Gasteiger partial charge in [0.25, 0.3) is 11.8 Å². The van der Waals surface area contributed by atoms with Crippen molar-refractivity contribution in [2.45, 2.75) is 11.8 Å². The Morgan fingerprint density at radius 2 is 1.47 bits per heavy atom. The van der Waals surface area contributed by atoms with E-state index in [-0.39, 0.29) is 17.4 Å². The maximum absolute atomic E-state index is 13.2. The molecular weight excluding hydrogens is 630 g/mol. The first kappa shape index (κ1) is 31.3. The Morgan fingerprint density at radius 3 is 2.14 bits per heavy atom. The highest BCUT2D eigenvalue weighted by Gasteiger charge is 2.15. The molecule has 3 amide bonds. The fraction of sp³-hybridized carbons (Fsp3) is 0.0909. The van der Waals surface area contributed by atoms with Crippen LogP contribution in [0.25, 0.3) is 6.08 Å². The maximum Gasteiger partial charge on any atom is 0.338 e. The summed E-state index contributed by atoms with van der Waals surface area (Å²) in [6, 6.07) is 29.5. The van der Waals surface area contributed by atoms with Crippen LogP contribution >= 0.6 is 27.7 Å². The lowest BCUT2D eigenvalue weighted by atomic mass is 10.1. The number of carbonyl (C=O) groups is 4. The standard InChI is InChI=1S/C33H28BrN3O5S/c1-2-42-33(41)24-11-13-26(14-12-24)35-30(38)21-43-28-17-15-27(16-18-28)36-32(40)29(20-22-7-6-10-25(34)19-22)37-31(39)23-8-4-3-5-9-23/h3-20H,2,21H2,1H3,(H,35,38)(H,36,40)(H,37,39)/b29-20-. The first-order valence-electron chi connectivity index (χ1n) is 13.3. The van der Waals surface area contributed by atoms with Crippen molar-refractivity contribution in [3.05, 3.63) is 130 Å². The minimum Gasteiger partial charge on any atom is -0.462 e. The number of rotatable bonds is 11. The van der Waals surface area contributed by atoms with Gasteiger partial charge in [0.2, 0.25) is 5.91 Å². The Balaban J connectivity index is 1.35. The van der Waals surface area contributed by atoms with Gasteiger partial charge in [0.05, 0.1) is 17.9 Å². The number of carbonyl (C=O) groups excluding carboxylic acids is 4. The fourth-order valence-corrected chi connectivity index (χ4v) is 4.90. The van der Waals surface area contributed by atoms with E-state index >= 15 is 0 Å². The fourth-order valence-electron chi connectivity index (χ4n) is 3.79. The van der Waals surface area contributed by atoms with E-state index in [2.05, 4.69) is 31.9 Å². The molecule has 0 aliphatic carbocycles. The molecule has 0 radical (unpaired) electrons. The van der Waals surface area contributed by atoms with Crippen molar-refractivity contribution in [3.63, 3.8) is 0 Å². The molecule has 0 saturated carbocycles. The van der Waals surface area contributed by atoms with Crippen LogP contribution in [0.15, 0.2) is 118 Å². The Bertz CT molecular complexity index is 1620.